The number of piperidine rings is 1. The molecule has 8 heteroatoms. The molecule has 0 bridgehead atoms. The number of hydrogen-bond acceptors (Lipinski definition) is 4. The lowest BCUT2D eigenvalue weighted by molar-refractivity contribution is 0.346. The van der Waals surface area contributed by atoms with Crippen LogP contribution in [0.1, 0.15) is 24.8 Å². The molecule has 0 spiro atoms. The molecule has 0 atom stereocenters. The minimum absolute atomic E-state index is 0.126. The number of nitrogens with zero attached hydrogens (tertiary/aromatic N) is 1. The Labute approximate surface area is 155 Å². The van der Waals surface area contributed by atoms with Gasteiger partial charge in [0.2, 0.25) is 10.0 Å². The molecular weight excluding hydrogens is 372 g/mol. The van der Waals surface area contributed by atoms with Crippen LogP contribution in [0.15, 0.2) is 58.3 Å². The monoisotopic (exact) mass is 394 g/mol. The van der Waals surface area contributed by atoms with Crippen LogP contribution in [0.3, 0.4) is 0 Å². The standard InChI is InChI=1S/C18H22N2O4S2/c1-15-10-11-16(19-25(21,22)17-8-4-2-5-9-17)14-18(15)26(23,24)20-12-6-3-7-13-20/h2,4-5,8-11,14,19H,3,6-7,12-13H2,1H3. The molecule has 1 aliphatic rings. The highest BCUT2D eigenvalue weighted by molar-refractivity contribution is 7.92. The van der Waals surface area contributed by atoms with E-state index in [0.717, 1.165) is 19.3 Å². The SMILES string of the molecule is Cc1ccc(NS(=O)(=O)c2ccccc2)cc1S(=O)(=O)N1CCCCC1. The van der Waals surface area contributed by atoms with Crippen LogP contribution in [0, 0.1) is 6.92 Å². The van der Waals surface area contributed by atoms with E-state index in [4.69, 9.17) is 0 Å². The molecule has 0 saturated carbocycles. The van der Waals surface area contributed by atoms with Crippen molar-refractivity contribution >= 4 is 25.7 Å². The van der Waals surface area contributed by atoms with Gasteiger partial charge >= 0.3 is 0 Å². The third-order valence-electron chi connectivity index (χ3n) is 4.43. The molecule has 0 amide bonds. The summed E-state index contributed by atoms with van der Waals surface area (Å²) in [6.07, 6.45) is 2.72. The van der Waals surface area contributed by atoms with Crippen molar-refractivity contribution in [3.05, 3.63) is 54.1 Å². The van der Waals surface area contributed by atoms with Gasteiger partial charge in [0.25, 0.3) is 10.0 Å². The van der Waals surface area contributed by atoms with Gasteiger partial charge in [-0.2, -0.15) is 4.31 Å². The van der Waals surface area contributed by atoms with Crippen molar-refractivity contribution < 1.29 is 16.8 Å². The summed E-state index contributed by atoms with van der Waals surface area (Å²) in [5.41, 5.74) is 0.827. The Morgan fingerprint density at radius 1 is 0.885 bits per heavy atom. The van der Waals surface area contributed by atoms with E-state index in [2.05, 4.69) is 4.72 Å². The van der Waals surface area contributed by atoms with Crippen molar-refractivity contribution in [2.24, 2.45) is 0 Å². The van der Waals surface area contributed by atoms with Crippen molar-refractivity contribution in [1.82, 2.24) is 4.31 Å². The van der Waals surface area contributed by atoms with Crippen LogP contribution in [0.25, 0.3) is 0 Å². The number of benzene rings is 2. The number of rotatable bonds is 5. The topological polar surface area (TPSA) is 83.5 Å². The number of sulfonamides is 2. The normalized spacial score (nSPS) is 16.3. The van der Waals surface area contributed by atoms with Crippen molar-refractivity contribution in [1.29, 1.82) is 0 Å². The van der Waals surface area contributed by atoms with Gasteiger partial charge in [-0.1, -0.05) is 30.7 Å². The van der Waals surface area contributed by atoms with Crippen LogP contribution in [0.5, 0.6) is 0 Å². The van der Waals surface area contributed by atoms with Gasteiger partial charge in [0.15, 0.2) is 0 Å². The molecule has 6 nitrogen and oxygen atoms in total. The second kappa shape index (κ2) is 7.38. The lowest BCUT2D eigenvalue weighted by Crippen LogP contribution is -2.36. The summed E-state index contributed by atoms with van der Waals surface area (Å²) in [6, 6.07) is 12.6. The molecule has 0 unspecified atom stereocenters. The van der Waals surface area contributed by atoms with Gasteiger partial charge in [-0.25, -0.2) is 16.8 Å². The summed E-state index contributed by atoms with van der Waals surface area (Å²) >= 11 is 0. The van der Waals surface area contributed by atoms with Crippen LogP contribution in [-0.2, 0) is 20.0 Å². The summed E-state index contributed by atoms with van der Waals surface area (Å²) in [4.78, 5) is 0.272. The Morgan fingerprint density at radius 2 is 1.54 bits per heavy atom. The van der Waals surface area contributed by atoms with Gasteiger partial charge in [0.1, 0.15) is 0 Å². The zero-order valence-corrected chi connectivity index (χ0v) is 16.2. The molecule has 2 aromatic carbocycles. The summed E-state index contributed by atoms with van der Waals surface area (Å²) < 4.78 is 54.8. The van der Waals surface area contributed by atoms with E-state index in [1.807, 2.05) is 0 Å². The second-order valence-corrected chi connectivity index (χ2v) is 9.95. The van der Waals surface area contributed by atoms with Gasteiger partial charge in [-0.05, 0) is 49.6 Å². The summed E-state index contributed by atoms with van der Waals surface area (Å²) in [7, 11) is -7.41. The van der Waals surface area contributed by atoms with E-state index in [9.17, 15) is 16.8 Å². The zero-order chi connectivity index (χ0) is 18.8. The zero-order valence-electron chi connectivity index (χ0n) is 14.6. The number of hydrogen-bond donors (Lipinski definition) is 1. The average molecular weight is 395 g/mol. The van der Waals surface area contributed by atoms with Crippen LogP contribution >= 0.6 is 0 Å². The van der Waals surface area contributed by atoms with Gasteiger partial charge in [-0.15, -0.1) is 0 Å². The molecule has 1 fully saturated rings. The number of aryl methyl sites for hydroxylation is 1. The van der Waals surface area contributed by atoms with Crippen molar-refractivity contribution in [2.75, 3.05) is 17.8 Å². The smallest absolute Gasteiger partial charge is 0.261 e. The first-order valence-corrected chi connectivity index (χ1v) is 11.4. The van der Waals surface area contributed by atoms with E-state index < -0.39 is 20.0 Å². The highest BCUT2D eigenvalue weighted by atomic mass is 32.2. The highest BCUT2D eigenvalue weighted by Gasteiger charge is 2.28. The van der Waals surface area contributed by atoms with Gasteiger partial charge < -0.3 is 0 Å². The Morgan fingerprint density at radius 3 is 2.19 bits per heavy atom. The number of nitrogens with one attached hydrogen (secondary N) is 1. The molecule has 1 saturated heterocycles. The Kier molecular flexibility index (Phi) is 5.36. The fraction of sp³-hybridized carbons (Fsp3) is 0.333. The molecule has 1 heterocycles. The maximum absolute atomic E-state index is 12.9. The molecule has 1 aliphatic heterocycles. The molecular formula is C18H22N2O4S2. The van der Waals surface area contributed by atoms with Crippen LogP contribution in [0.2, 0.25) is 0 Å². The van der Waals surface area contributed by atoms with E-state index >= 15 is 0 Å². The quantitative estimate of drug-likeness (QED) is 0.845. The first-order valence-electron chi connectivity index (χ1n) is 8.49. The third kappa shape index (κ3) is 3.92. The van der Waals surface area contributed by atoms with E-state index in [-0.39, 0.29) is 15.5 Å². The molecule has 0 aliphatic carbocycles. The lowest BCUT2D eigenvalue weighted by Gasteiger charge is -2.26. The van der Waals surface area contributed by atoms with Gasteiger partial charge in [0, 0.05) is 13.1 Å². The van der Waals surface area contributed by atoms with Gasteiger partial charge in [-0.3, -0.25) is 4.72 Å². The first kappa shape index (κ1) is 18.9. The summed E-state index contributed by atoms with van der Waals surface area (Å²) in [5, 5.41) is 0. The molecule has 0 aromatic heterocycles. The fourth-order valence-electron chi connectivity index (χ4n) is 3.00. The van der Waals surface area contributed by atoms with Crippen LogP contribution in [-0.4, -0.2) is 34.2 Å². The third-order valence-corrected chi connectivity index (χ3v) is 7.86. The van der Waals surface area contributed by atoms with Crippen molar-refractivity contribution in [2.45, 2.75) is 36.0 Å². The predicted molar refractivity (Wildman–Crippen MR) is 101 cm³/mol. The maximum atomic E-state index is 12.9. The maximum Gasteiger partial charge on any atom is 0.261 e. The first-order chi connectivity index (χ1) is 12.3. The summed E-state index contributed by atoms with van der Waals surface area (Å²) in [6.45, 7) is 2.72. The Balaban J connectivity index is 1.93. The largest absolute Gasteiger partial charge is 0.280 e. The van der Waals surface area contributed by atoms with E-state index in [1.165, 1.54) is 22.5 Å². The molecule has 1 N–H and O–H groups in total. The molecule has 3 rings (SSSR count). The molecule has 140 valence electrons. The lowest BCUT2D eigenvalue weighted by atomic mass is 10.2. The van der Waals surface area contributed by atoms with E-state index in [0.29, 0.717) is 18.7 Å². The Hall–Kier alpha value is -1.90. The molecule has 2 aromatic rings. The van der Waals surface area contributed by atoms with Crippen LogP contribution < -0.4 is 4.72 Å². The summed E-state index contributed by atoms with van der Waals surface area (Å²) in [5.74, 6) is 0. The predicted octanol–water partition coefficient (Wildman–Crippen LogP) is 2.97. The van der Waals surface area contributed by atoms with Crippen LogP contribution in [0.4, 0.5) is 5.69 Å². The van der Waals surface area contributed by atoms with Gasteiger partial charge in [0.05, 0.1) is 15.5 Å². The number of anilines is 1. The van der Waals surface area contributed by atoms with E-state index in [1.54, 1.807) is 37.3 Å². The fourth-order valence-corrected chi connectivity index (χ4v) is 5.84. The van der Waals surface area contributed by atoms with Crippen molar-refractivity contribution in [3.8, 4) is 0 Å². The Bertz CT molecular complexity index is 981. The highest BCUT2D eigenvalue weighted by Crippen LogP contribution is 2.27. The molecule has 0 radical (unpaired) electrons. The minimum atomic E-state index is -3.77. The second-order valence-electron chi connectivity index (χ2n) is 6.36. The average Bonchev–Trinajstić information content (AvgIpc) is 2.64. The van der Waals surface area contributed by atoms with Crippen molar-refractivity contribution in [3.63, 3.8) is 0 Å². The minimum Gasteiger partial charge on any atom is -0.280 e. The molecule has 26 heavy (non-hydrogen) atoms.